The van der Waals surface area contributed by atoms with Gasteiger partial charge in [-0.15, -0.1) is 0 Å². The zero-order valence-electron chi connectivity index (χ0n) is 13.7. The van der Waals surface area contributed by atoms with Crippen molar-refractivity contribution >= 4 is 17.8 Å². The second-order valence-electron chi connectivity index (χ2n) is 5.20. The van der Waals surface area contributed by atoms with Crippen molar-refractivity contribution in [3.8, 4) is 0 Å². The summed E-state index contributed by atoms with van der Waals surface area (Å²) in [4.78, 5) is 36.0. The van der Waals surface area contributed by atoms with Crippen LogP contribution in [0.2, 0.25) is 0 Å². The molecule has 0 saturated carbocycles. The molecule has 0 atom stereocenters. The first kappa shape index (κ1) is 18.7. The maximum absolute atomic E-state index is 11.8. The molecule has 0 aromatic heterocycles. The van der Waals surface area contributed by atoms with Gasteiger partial charge in [0, 0.05) is 32.5 Å². The summed E-state index contributed by atoms with van der Waals surface area (Å²) < 4.78 is 0. The summed E-state index contributed by atoms with van der Waals surface area (Å²) >= 11 is 0. The molecule has 1 aromatic rings. The SMILES string of the molecule is CCN(CC)C(=O)CCCC(=O)NCc1ccc(C(=O)O)cc1. The highest BCUT2D eigenvalue weighted by Gasteiger charge is 2.10. The number of carbonyl (C=O) groups excluding carboxylic acids is 2. The summed E-state index contributed by atoms with van der Waals surface area (Å²) in [5, 5.41) is 11.6. The second kappa shape index (κ2) is 9.61. The van der Waals surface area contributed by atoms with Gasteiger partial charge in [0.25, 0.3) is 0 Å². The number of hydrogen-bond donors (Lipinski definition) is 2. The van der Waals surface area contributed by atoms with Crippen molar-refractivity contribution in [1.82, 2.24) is 10.2 Å². The first-order chi connectivity index (χ1) is 11.0. The van der Waals surface area contributed by atoms with Crippen molar-refractivity contribution in [2.75, 3.05) is 13.1 Å². The number of aromatic carboxylic acids is 1. The van der Waals surface area contributed by atoms with Crippen LogP contribution in [0.1, 0.15) is 49.0 Å². The van der Waals surface area contributed by atoms with Crippen LogP contribution >= 0.6 is 0 Å². The van der Waals surface area contributed by atoms with Crippen LogP contribution < -0.4 is 5.32 Å². The molecular weight excluding hydrogens is 296 g/mol. The number of carboxylic acids is 1. The zero-order valence-corrected chi connectivity index (χ0v) is 13.7. The Morgan fingerprint density at radius 1 is 1.04 bits per heavy atom. The third-order valence-corrected chi connectivity index (χ3v) is 3.60. The minimum atomic E-state index is -0.974. The Morgan fingerprint density at radius 3 is 2.17 bits per heavy atom. The van der Waals surface area contributed by atoms with E-state index in [1.165, 1.54) is 12.1 Å². The summed E-state index contributed by atoms with van der Waals surface area (Å²) in [5.74, 6) is -1.01. The molecule has 6 heteroatoms. The van der Waals surface area contributed by atoms with Crippen LogP contribution in [0.4, 0.5) is 0 Å². The molecule has 6 nitrogen and oxygen atoms in total. The molecule has 0 aliphatic rings. The van der Waals surface area contributed by atoms with Gasteiger partial charge in [-0.1, -0.05) is 12.1 Å². The predicted molar refractivity (Wildman–Crippen MR) is 87.0 cm³/mol. The molecule has 0 bridgehead atoms. The Hall–Kier alpha value is -2.37. The molecule has 1 rings (SSSR count). The molecule has 23 heavy (non-hydrogen) atoms. The number of nitrogens with zero attached hydrogens (tertiary/aromatic N) is 1. The fourth-order valence-electron chi connectivity index (χ4n) is 2.19. The van der Waals surface area contributed by atoms with E-state index in [2.05, 4.69) is 5.32 Å². The highest BCUT2D eigenvalue weighted by Crippen LogP contribution is 2.05. The Balaban J connectivity index is 2.29. The first-order valence-electron chi connectivity index (χ1n) is 7.84. The van der Waals surface area contributed by atoms with Crippen LogP contribution in [0.5, 0.6) is 0 Å². The van der Waals surface area contributed by atoms with Gasteiger partial charge in [0.15, 0.2) is 0 Å². The Labute approximate surface area is 136 Å². The molecule has 0 aliphatic heterocycles. The van der Waals surface area contributed by atoms with E-state index in [9.17, 15) is 14.4 Å². The molecule has 0 unspecified atom stereocenters. The van der Waals surface area contributed by atoms with Crippen LogP contribution in [0.25, 0.3) is 0 Å². The van der Waals surface area contributed by atoms with Crippen molar-refractivity contribution in [2.24, 2.45) is 0 Å². The van der Waals surface area contributed by atoms with Gasteiger partial charge in [-0.2, -0.15) is 0 Å². The lowest BCUT2D eigenvalue weighted by Crippen LogP contribution is -2.30. The summed E-state index contributed by atoms with van der Waals surface area (Å²) in [5.41, 5.74) is 1.05. The number of amides is 2. The van der Waals surface area contributed by atoms with Crippen LogP contribution in [0, 0.1) is 0 Å². The zero-order chi connectivity index (χ0) is 17.2. The largest absolute Gasteiger partial charge is 0.478 e. The number of benzene rings is 1. The van der Waals surface area contributed by atoms with E-state index in [0.29, 0.717) is 38.9 Å². The number of hydrogen-bond acceptors (Lipinski definition) is 3. The monoisotopic (exact) mass is 320 g/mol. The Kier molecular flexibility index (Phi) is 7.80. The first-order valence-corrected chi connectivity index (χ1v) is 7.84. The molecule has 126 valence electrons. The molecule has 0 spiro atoms. The van der Waals surface area contributed by atoms with Crippen molar-refractivity contribution in [2.45, 2.75) is 39.7 Å². The second-order valence-corrected chi connectivity index (χ2v) is 5.20. The van der Waals surface area contributed by atoms with E-state index in [1.807, 2.05) is 13.8 Å². The molecule has 2 N–H and O–H groups in total. The van der Waals surface area contributed by atoms with E-state index in [1.54, 1.807) is 17.0 Å². The summed E-state index contributed by atoms with van der Waals surface area (Å²) in [7, 11) is 0. The fourth-order valence-corrected chi connectivity index (χ4v) is 2.19. The molecule has 0 radical (unpaired) electrons. The van der Waals surface area contributed by atoms with Crippen molar-refractivity contribution in [3.05, 3.63) is 35.4 Å². The van der Waals surface area contributed by atoms with Gasteiger partial charge in [0.05, 0.1) is 5.56 Å². The van der Waals surface area contributed by atoms with E-state index in [0.717, 1.165) is 5.56 Å². The molecule has 0 heterocycles. The van der Waals surface area contributed by atoms with Crippen LogP contribution in [0.3, 0.4) is 0 Å². The molecule has 2 amide bonds. The van der Waals surface area contributed by atoms with Gasteiger partial charge in [0.2, 0.25) is 11.8 Å². The van der Waals surface area contributed by atoms with E-state index in [4.69, 9.17) is 5.11 Å². The van der Waals surface area contributed by atoms with E-state index >= 15 is 0 Å². The average molecular weight is 320 g/mol. The molecule has 1 aromatic carbocycles. The normalized spacial score (nSPS) is 10.2. The minimum absolute atomic E-state index is 0.0760. The van der Waals surface area contributed by atoms with Crippen LogP contribution in [0.15, 0.2) is 24.3 Å². The van der Waals surface area contributed by atoms with Gasteiger partial charge in [-0.05, 0) is 38.0 Å². The van der Waals surface area contributed by atoms with Gasteiger partial charge >= 0.3 is 5.97 Å². The number of carboxylic acid groups (broad SMARTS) is 1. The Morgan fingerprint density at radius 2 is 1.65 bits per heavy atom. The lowest BCUT2D eigenvalue weighted by Gasteiger charge is -2.18. The third kappa shape index (κ3) is 6.50. The highest BCUT2D eigenvalue weighted by molar-refractivity contribution is 5.87. The quantitative estimate of drug-likeness (QED) is 0.729. The smallest absolute Gasteiger partial charge is 0.335 e. The number of rotatable bonds is 9. The fraction of sp³-hybridized carbons (Fsp3) is 0.471. The molecule has 0 saturated heterocycles. The van der Waals surface area contributed by atoms with Crippen LogP contribution in [-0.4, -0.2) is 40.9 Å². The minimum Gasteiger partial charge on any atom is -0.478 e. The molecule has 0 aliphatic carbocycles. The number of nitrogens with one attached hydrogen (secondary N) is 1. The number of carbonyl (C=O) groups is 3. The van der Waals surface area contributed by atoms with E-state index < -0.39 is 5.97 Å². The highest BCUT2D eigenvalue weighted by atomic mass is 16.4. The van der Waals surface area contributed by atoms with Gasteiger partial charge < -0.3 is 15.3 Å². The molecular formula is C17H24N2O4. The maximum Gasteiger partial charge on any atom is 0.335 e. The third-order valence-electron chi connectivity index (χ3n) is 3.60. The van der Waals surface area contributed by atoms with Gasteiger partial charge in [-0.25, -0.2) is 4.79 Å². The van der Waals surface area contributed by atoms with Gasteiger partial charge in [0.1, 0.15) is 0 Å². The topological polar surface area (TPSA) is 86.7 Å². The summed E-state index contributed by atoms with van der Waals surface area (Å²) in [6.45, 7) is 5.60. The summed E-state index contributed by atoms with van der Waals surface area (Å²) in [6, 6.07) is 6.36. The van der Waals surface area contributed by atoms with Crippen LogP contribution in [-0.2, 0) is 16.1 Å². The van der Waals surface area contributed by atoms with Gasteiger partial charge in [-0.3, -0.25) is 9.59 Å². The molecule has 0 fully saturated rings. The summed E-state index contributed by atoms with van der Waals surface area (Å²) in [6.07, 6.45) is 1.21. The maximum atomic E-state index is 11.8. The van der Waals surface area contributed by atoms with E-state index in [-0.39, 0.29) is 17.4 Å². The van der Waals surface area contributed by atoms with Crippen molar-refractivity contribution in [1.29, 1.82) is 0 Å². The lowest BCUT2D eigenvalue weighted by molar-refractivity contribution is -0.131. The lowest BCUT2D eigenvalue weighted by atomic mass is 10.1. The Bertz CT molecular complexity index is 536. The van der Waals surface area contributed by atoms with Crippen molar-refractivity contribution in [3.63, 3.8) is 0 Å². The van der Waals surface area contributed by atoms with Crippen molar-refractivity contribution < 1.29 is 19.5 Å². The standard InChI is InChI=1S/C17H24N2O4/c1-3-19(4-2)16(21)7-5-6-15(20)18-12-13-8-10-14(11-9-13)17(22)23/h8-11H,3-7,12H2,1-2H3,(H,18,20)(H,22,23). The predicted octanol–water partition coefficient (Wildman–Crippen LogP) is 2.04. The average Bonchev–Trinajstić information content (AvgIpc) is 2.54.